The molecule has 0 aliphatic carbocycles. The molecule has 0 fully saturated rings. The van der Waals surface area contributed by atoms with Gasteiger partial charge in [0.05, 0.1) is 10.9 Å². The highest BCUT2D eigenvalue weighted by Gasteiger charge is 2.24. The van der Waals surface area contributed by atoms with Crippen molar-refractivity contribution in [2.24, 2.45) is 0 Å². The molecule has 156 valence electrons. The molecular weight excluding hydrogens is 409 g/mol. The third-order valence-corrected chi connectivity index (χ3v) is 6.16. The molecule has 2 heterocycles. The Morgan fingerprint density at radius 2 is 2.03 bits per heavy atom. The minimum absolute atomic E-state index is 0.160. The molecule has 10 heteroatoms. The highest BCUT2D eigenvalue weighted by atomic mass is 32.2. The second kappa shape index (κ2) is 7.88. The SMILES string of the molecule is CCn1c(Oc2ccc3cc[nH]c3c2)nnc1[C@@H](C)NS(=O)(=O)c1cccc(F)c1. The molecule has 1 atom stereocenters. The van der Waals surface area contributed by atoms with Crippen molar-refractivity contribution in [1.82, 2.24) is 24.5 Å². The second-order valence-electron chi connectivity index (χ2n) is 6.71. The van der Waals surface area contributed by atoms with Gasteiger partial charge in [0.25, 0.3) is 0 Å². The molecule has 0 bridgehead atoms. The van der Waals surface area contributed by atoms with Gasteiger partial charge in [0.15, 0.2) is 5.82 Å². The van der Waals surface area contributed by atoms with E-state index in [1.807, 2.05) is 37.4 Å². The molecule has 0 spiro atoms. The number of nitrogens with one attached hydrogen (secondary N) is 2. The molecule has 0 radical (unpaired) electrons. The summed E-state index contributed by atoms with van der Waals surface area (Å²) in [5.41, 5.74) is 0.923. The average Bonchev–Trinajstić information content (AvgIpc) is 3.34. The maximum absolute atomic E-state index is 13.4. The van der Waals surface area contributed by atoms with Crippen molar-refractivity contribution >= 4 is 20.9 Å². The minimum Gasteiger partial charge on any atom is -0.424 e. The van der Waals surface area contributed by atoms with Crippen molar-refractivity contribution in [3.63, 3.8) is 0 Å². The molecule has 4 aromatic rings. The number of nitrogens with zero attached hydrogens (tertiary/aromatic N) is 3. The Morgan fingerprint density at radius 3 is 2.80 bits per heavy atom. The topological polar surface area (TPSA) is 102 Å². The lowest BCUT2D eigenvalue weighted by Crippen LogP contribution is -2.29. The van der Waals surface area contributed by atoms with Gasteiger partial charge in [-0.1, -0.05) is 11.2 Å². The molecule has 2 aromatic carbocycles. The number of halogens is 1. The van der Waals surface area contributed by atoms with E-state index >= 15 is 0 Å². The van der Waals surface area contributed by atoms with Crippen molar-refractivity contribution in [2.45, 2.75) is 31.3 Å². The normalized spacial score (nSPS) is 12.9. The molecule has 0 amide bonds. The number of hydrogen-bond acceptors (Lipinski definition) is 5. The largest absolute Gasteiger partial charge is 0.424 e. The van der Waals surface area contributed by atoms with E-state index in [0.717, 1.165) is 17.0 Å². The maximum Gasteiger partial charge on any atom is 0.322 e. The summed E-state index contributed by atoms with van der Waals surface area (Å²) in [6.07, 6.45) is 1.84. The van der Waals surface area contributed by atoms with Gasteiger partial charge in [0.2, 0.25) is 10.0 Å². The van der Waals surface area contributed by atoms with Crippen LogP contribution in [0.5, 0.6) is 11.8 Å². The van der Waals surface area contributed by atoms with E-state index in [9.17, 15) is 12.8 Å². The zero-order valence-electron chi connectivity index (χ0n) is 16.3. The van der Waals surface area contributed by atoms with Gasteiger partial charge in [0, 0.05) is 24.3 Å². The Bertz CT molecular complexity index is 1300. The number of aromatic nitrogens is 4. The van der Waals surface area contributed by atoms with Crippen LogP contribution in [0.4, 0.5) is 4.39 Å². The fourth-order valence-corrected chi connectivity index (χ4v) is 4.41. The fourth-order valence-electron chi connectivity index (χ4n) is 3.18. The van der Waals surface area contributed by atoms with Gasteiger partial charge in [-0.25, -0.2) is 17.5 Å². The van der Waals surface area contributed by atoms with Crippen LogP contribution in [0.25, 0.3) is 10.9 Å². The van der Waals surface area contributed by atoms with Gasteiger partial charge in [0.1, 0.15) is 11.6 Å². The summed E-state index contributed by atoms with van der Waals surface area (Å²) >= 11 is 0. The van der Waals surface area contributed by atoms with Crippen molar-refractivity contribution in [1.29, 1.82) is 0 Å². The lowest BCUT2D eigenvalue weighted by Gasteiger charge is -2.15. The van der Waals surface area contributed by atoms with E-state index in [0.29, 0.717) is 18.1 Å². The van der Waals surface area contributed by atoms with Gasteiger partial charge >= 0.3 is 6.01 Å². The number of fused-ring (bicyclic) bond motifs is 1. The van der Waals surface area contributed by atoms with Crippen LogP contribution in [0, 0.1) is 5.82 Å². The number of sulfonamides is 1. The first-order valence-corrected chi connectivity index (χ1v) is 10.8. The Morgan fingerprint density at radius 1 is 1.20 bits per heavy atom. The number of hydrogen-bond donors (Lipinski definition) is 2. The first-order chi connectivity index (χ1) is 14.4. The molecule has 0 aliphatic rings. The molecule has 30 heavy (non-hydrogen) atoms. The van der Waals surface area contributed by atoms with Crippen LogP contribution in [0.15, 0.2) is 59.6 Å². The van der Waals surface area contributed by atoms with Gasteiger partial charge in [-0.2, -0.15) is 0 Å². The zero-order chi connectivity index (χ0) is 21.3. The van der Waals surface area contributed by atoms with Crippen molar-refractivity contribution < 1.29 is 17.5 Å². The van der Waals surface area contributed by atoms with E-state index in [4.69, 9.17) is 4.74 Å². The number of rotatable bonds is 7. The molecule has 8 nitrogen and oxygen atoms in total. The van der Waals surface area contributed by atoms with Crippen LogP contribution in [0.2, 0.25) is 0 Å². The van der Waals surface area contributed by atoms with Gasteiger partial charge < -0.3 is 9.72 Å². The number of ether oxygens (including phenoxy) is 1. The van der Waals surface area contributed by atoms with Crippen LogP contribution in [0.3, 0.4) is 0 Å². The van der Waals surface area contributed by atoms with E-state index in [1.54, 1.807) is 11.5 Å². The third kappa shape index (κ3) is 3.91. The lowest BCUT2D eigenvalue weighted by atomic mass is 10.2. The van der Waals surface area contributed by atoms with E-state index in [1.165, 1.54) is 18.2 Å². The molecule has 2 aromatic heterocycles. The van der Waals surface area contributed by atoms with Crippen LogP contribution in [-0.4, -0.2) is 28.2 Å². The van der Waals surface area contributed by atoms with Crippen molar-refractivity contribution in [3.8, 4) is 11.8 Å². The standard InChI is InChI=1S/C20H20FN5O3S/c1-3-26-19(13(2)25-30(27,28)17-6-4-5-15(21)11-17)23-24-20(26)29-16-8-7-14-9-10-22-18(14)12-16/h4-13,22,25H,3H2,1-2H3/t13-/m1/s1. The highest BCUT2D eigenvalue weighted by molar-refractivity contribution is 7.89. The van der Waals surface area contributed by atoms with Crippen LogP contribution in [0.1, 0.15) is 25.7 Å². The molecular formula is C20H20FN5O3S. The Labute approximate surface area is 172 Å². The predicted molar refractivity (Wildman–Crippen MR) is 109 cm³/mol. The summed E-state index contributed by atoms with van der Waals surface area (Å²) in [5.74, 6) is 0.331. The van der Waals surface area contributed by atoms with Crippen LogP contribution < -0.4 is 9.46 Å². The molecule has 0 saturated heterocycles. The number of benzene rings is 2. The number of H-pyrrole nitrogens is 1. The number of aromatic amines is 1. The van der Waals surface area contributed by atoms with Crippen LogP contribution in [-0.2, 0) is 16.6 Å². The third-order valence-electron chi connectivity index (χ3n) is 4.62. The minimum atomic E-state index is -3.94. The molecule has 0 unspecified atom stereocenters. The molecule has 2 N–H and O–H groups in total. The predicted octanol–water partition coefficient (Wildman–Crippen LogP) is 3.75. The van der Waals surface area contributed by atoms with Crippen molar-refractivity contribution in [3.05, 3.63) is 66.4 Å². The van der Waals surface area contributed by atoms with Gasteiger partial charge in [-0.3, -0.25) is 4.57 Å². The zero-order valence-corrected chi connectivity index (χ0v) is 17.1. The molecule has 0 saturated carbocycles. The Hall–Kier alpha value is -3.24. The van der Waals surface area contributed by atoms with E-state index in [2.05, 4.69) is 19.9 Å². The highest BCUT2D eigenvalue weighted by Crippen LogP contribution is 2.26. The first kappa shape index (κ1) is 20.0. The van der Waals surface area contributed by atoms with Crippen molar-refractivity contribution in [2.75, 3.05) is 0 Å². The summed E-state index contributed by atoms with van der Waals surface area (Å²) in [7, 11) is -3.94. The monoisotopic (exact) mass is 429 g/mol. The first-order valence-electron chi connectivity index (χ1n) is 9.33. The van der Waals surface area contributed by atoms with Gasteiger partial charge in [-0.05, 0) is 55.6 Å². The fraction of sp³-hybridized carbons (Fsp3) is 0.200. The Kier molecular flexibility index (Phi) is 5.27. The van der Waals surface area contributed by atoms with Crippen LogP contribution >= 0.6 is 0 Å². The average molecular weight is 429 g/mol. The summed E-state index contributed by atoms with van der Waals surface area (Å²) < 4.78 is 48.7. The molecule has 4 rings (SSSR count). The lowest BCUT2D eigenvalue weighted by molar-refractivity contribution is 0.408. The van der Waals surface area contributed by atoms with E-state index in [-0.39, 0.29) is 10.9 Å². The van der Waals surface area contributed by atoms with Gasteiger partial charge in [-0.15, -0.1) is 5.10 Å². The molecule has 0 aliphatic heterocycles. The maximum atomic E-state index is 13.4. The summed E-state index contributed by atoms with van der Waals surface area (Å²) in [6, 6.07) is 11.9. The second-order valence-corrected chi connectivity index (χ2v) is 8.43. The summed E-state index contributed by atoms with van der Waals surface area (Å²) in [4.78, 5) is 2.96. The summed E-state index contributed by atoms with van der Waals surface area (Å²) in [6.45, 7) is 3.98. The van der Waals surface area contributed by atoms with E-state index < -0.39 is 21.9 Å². The Balaban J connectivity index is 1.58. The smallest absolute Gasteiger partial charge is 0.322 e. The quantitative estimate of drug-likeness (QED) is 0.466. The summed E-state index contributed by atoms with van der Waals surface area (Å²) in [5, 5.41) is 9.24.